The Balaban J connectivity index is 4.34. The van der Waals surface area contributed by atoms with E-state index in [1.54, 1.807) is 0 Å². The van der Waals surface area contributed by atoms with E-state index >= 15 is 0 Å². The van der Waals surface area contributed by atoms with Crippen LogP contribution in [0.3, 0.4) is 0 Å². The Morgan fingerprint density at radius 1 is 0.396 bits per heavy atom. The lowest BCUT2D eigenvalue weighted by atomic mass is 10.0. The molecule has 0 aliphatic carbocycles. The first-order valence-corrected chi connectivity index (χ1v) is 20.9. The van der Waals surface area contributed by atoms with Crippen molar-refractivity contribution in [2.24, 2.45) is 5.92 Å². The number of carbonyl (C=O) groups excluding carboxylic acids is 3. The summed E-state index contributed by atoms with van der Waals surface area (Å²) in [6.07, 6.45) is 33.8. The van der Waals surface area contributed by atoms with Crippen molar-refractivity contribution < 1.29 is 28.6 Å². The van der Waals surface area contributed by atoms with Gasteiger partial charge in [-0.2, -0.15) is 0 Å². The molecule has 0 N–H and O–H groups in total. The first kappa shape index (κ1) is 46.4. The third-order valence-electron chi connectivity index (χ3n) is 9.29. The molecule has 0 aromatic carbocycles. The van der Waals surface area contributed by atoms with Gasteiger partial charge in [0.25, 0.3) is 0 Å². The van der Waals surface area contributed by atoms with Crippen molar-refractivity contribution in [3.05, 3.63) is 0 Å². The largest absolute Gasteiger partial charge is 0.462 e. The molecule has 0 bridgehead atoms. The zero-order valence-corrected chi connectivity index (χ0v) is 32.4. The quantitative estimate of drug-likeness (QED) is 0.0369. The van der Waals surface area contributed by atoms with Gasteiger partial charge in [-0.15, -0.1) is 0 Å². The molecular weight excluding hydrogens is 600 g/mol. The molecule has 0 radical (unpaired) electrons. The van der Waals surface area contributed by atoms with E-state index < -0.39 is 6.10 Å². The predicted octanol–water partition coefficient (Wildman–Crippen LogP) is 12.8. The Morgan fingerprint density at radius 2 is 0.688 bits per heavy atom. The highest BCUT2D eigenvalue weighted by Crippen LogP contribution is 2.15. The molecule has 0 saturated heterocycles. The highest BCUT2D eigenvalue weighted by Gasteiger charge is 2.19. The van der Waals surface area contributed by atoms with Crippen LogP contribution >= 0.6 is 0 Å². The van der Waals surface area contributed by atoms with Gasteiger partial charge < -0.3 is 14.2 Å². The number of carbonyl (C=O) groups is 3. The molecule has 1 atom stereocenters. The molecule has 48 heavy (non-hydrogen) atoms. The minimum atomic E-state index is -0.758. The topological polar surface area (TPSA) is 78.9 Å². The molecule has 0 aromatic rings. The molecule has 0 spiro atoms. The molecule has 6 heteroatoms. The van der Waals surface area contributed by atoms with Crippen LogP contribution in [0.5, 0.6) is 0 Å². The molecule has 0 unspecified atom stereocenters. The predicted molar refractivity (Wildman–Crippen MR) is 201 cm³/mol. The number of esters is 3. The van der Waals surface area contributed by atoms with Crippen LogP contribution < -0.4 is 0 Å². The zero-order valence-electron chi connectivity index (χ0n) is 32.4. The Morgan fingerprint density at radius 3 is 1.02 bits per heavy atom. The van der Waals surface area contributed by atoms with Crippen LogP contribution in [0.1, 0.15) is 227 Å². The number of rotatable bonds is 37. The van der Waals surface area contributed by atoms with Gasteiger partial charge in [-0.1, -0.05) is 188 Å². The number of hydrogen-bond donors (Lipinski definition) is 0. The van der Waals surface area contributed by atoms with Gasteiger partial charge in [-0.3, -0.25) is 14.4 Å². The molecule has 0 amide bonds. The summed E-state index contributed by atoms with van der Waals surface area (Å²) in [7, 11) is 0. The summed E-state index contributed by atoms with van der Waals surface area (Å²) in [5.41, 5.74) is 0. The monoisotopic (exact) mass is 681 g/mol. The van der Waals surface area contributed by atoms with Crippen molar-refractivity contribution in [3.63, 3.8) is 0 Å². The van der Waals surface area contributed by atoms with Gasteiger partial charge in [0.2, 0.25) is 0 Å². The number of hydrogen-bond acceptors (Lipinski definition) is 6. The van der Waals surface area contributed by atoms with Crippen molar-refractivity contribution in [1.82, 2.24) is 0 Å². The third kappa shape index (κ3) is 35.7. The minimum absolute atomic E-state index is 0.0652. The lowest BCUT2D eigenvalue weighted by Gasteiger charge is -2.18. The fraction of sp³-hybridized carbons (Fsp3) is 0.929. The smallest absolute Gasteiger partial charge is 0.306 e. The summed E-state index contributed by atoms with van der Waals surface area (Å²) in [5, 5.41) is 0. The van der Waals surface area contributed by atoms with Crippen LogP contribution in [0.15, 0.2) is 0 Å². The van der Waals surface area contributed by atoms with Crippen LogP contribution in [0.25, 0.3) is 0 Å². The second-order valence-corrected chi connectivity index (χ2v) is 14.7. The fourth-order valence-corrected chi connectivity index (χ4v) is 6.10. The molecule has 0 saturated carbocycles. The summed E-state index contributed by atoms with van der Waals surface area (Å²) >= 11 is 0. The summed E-state index contributed by atoms with van der Waals surface area (Å²) in [6.45, 7) is 8.89. The fourth-order valence-electron chi connectivity index (χ4n) is 6.10. The SMILES string of the molecule is CCCCCCCCCCCCCC(=O)OC[C@@H](COC(=O)CCCCCCCCC(C)C)OC(=O)CCCCCCCCCCCC. The van der Waals surface area contributed by atoms with Gasteiger partial charge in [-0.05, 0) is 25.2 Å². The van der Waals surface area contributed by atoms with E-state index in [4.69, 9.17) is 14.2 Å². The van der Waals surface area contributed by atoms with Crippen molar-refractivity contribution in [2.75, 3.05) is 13.2 Å². The first-order chi connectivity index (χ1) is 23.4. The van der Waals surface area contributed by atoms with Gasteiger partial charge in [0.1, 0.15) is 13.2 Å². The van der Waals surface area contributed by atoms with E-state index in [9.17, 15) is 14.4 Å². The van der Waals surface area contributed by atoms with E-state index in [0.717, 1.165) is 63.7 Å². The molecule has 0 aromatic heterocycles. The minimum Gasteiger partial charge on any atom is -0.462 e. The van der Waals surface area contributed by atoms with E-state index in [1.165, 1.54) is 122 Å². The number of ether oxygens (including phenoxy) is 3. The molecule has 6 nitrogen and oxygen atoms in total. The van der Waals surface area contributed by atoms with Crippen LogP contribution in [0, 0.1) is 5.92 Å². The molecule has 0 heterocycles. The molecular formula is C42H80O6. The molecule has 0 aliphatic rings. The molecule has 0 aliphatic heterocycles. The molecule has 0 rings (SSSR count). The van der Waals surface area contributed by atoms with Crippen LogP contribution in [-0.2, 0) is 28.6 Å². The Bertz CT molecular complexity index is 721. The van der Waals surface area contributed by atoms with Crippen molar-refractivity contribution >= 4 is 17.9 Å². The normalized spacial score (nSPS) is 11.9. The van der Waals surface area contributed by atoms with Gasteiger partial charge >= 0.3 is 17.9 Å². The average molecular weight is 681 g/mol. The average Bonchev–Trinajstić information content (AvgIpc) is 3.06. The van der Waals surface area contributed by atoms with Gasteiger partial charge in [0, 0.05) is 19.3 Å². The lowest BCUT2D eigenvalue weighted by molar-refractivity contribution is -0.167. The summed E-state index contributed by atoms with van der Waals surface area (Å²) < 4.78 is 16.6. The maximum Gasteiger partial charge on any atom is 0.306 e. The van der Waals surface area contributed by atoms with E-state index in [1.807, 2.05) is 0 Å². The number of unbranched alkanes of at least 4 members (excludes halogenated alkanes) is 24. The van der Waals surface area contributed by atoms with E-state index in [0.29, 0.717) is 19.3 Å². The van der Waals surface area contributed by atoms with Gasteiger partial charge in [0.05, 0.1) is 0 Å². The van der Waals surface area contributed by atoms with Crippen molar-refractivity contribution in [1.29, 1.82) is 0 Å². The zero-order chi connectivity index (χ0) is 35.3. The standard InChI is InChI=1S/C42H80O6/c1-5-7-9-11-13-15-17-19-20-25-29-33-40(43)46-36-39(37-47-41(44)34-30-26-23-22-24-28-32-38(3)4)48-42(45)35-31-27-21-18-16-14-12-10-8-6-2/h38-39H,5-37H2,1-4H3/t39-/m0/s1. The second-order valence-electron chi connectivity index (χ2n) is 14.7. The highest BCUT2D eigenvalue weighted by atomic mass is 16.6. The molecule has 284 valence electrons. The maximum atomic E-state index is 12.6. The molecule has 0 fully saturated rings. The second kappa shape index (κ2) is 36.7. The van der Waals surface area contributed by atoms with Crippen LogP contribution in [-0.4, -0.2) is 37.2 Å². The van der Waals surface area contributed by atoms with Gasteiger partial charge in [0.15, 0.2) is 6.10 Å². The lowest BCUT2D eigenvalue weighted by Crippen LogP contribution is -2.30. The van der Waals surface area contributed by atoms with Crippen molar-refractivity contribution in [2.45, 2.75) is 233 Å². The first-order valence-electron chi connectivity index (χ1n) is 20.9. The Hall–Kier alpha value is -1.59. The highest BCUT2D eigenvalue weighted by molar-refractivity contribution is 5.71. The van der Waals surface area contributed by atoms with Crippen molar-refractivity contribution in [3.8, 4) is 0 Å². The van der Waals surface area contributed by atoms with Crippen LogP contribution in [0.2, 0.25) is 0 Å². The van der Waals surface area contributed by atoms with Crippen LogP contribution in [0.4, 0.5) is 0 Å². The summed E-state index contributed by atoms with van der Waals surface area (Å²) in [4.78, 5) is 37.5. The summed E-state index contributed by atoms with van der Waals surface area (Å²) in [6, 6.07) is 0. The Kier molecular flexibility index (Phi) is 35.5. The Labute approximate surface area is 298 Å². The van der Waals surface area contributed by atoms with E-state index in [-0.39, 0.29) is 31.1 Å². The van der Waals surface area contributed by atoms with Gasteiger partial charge in [-0.25, -0.2) is 0 Å². The maximum absolute atomic E-state index is 12.6. The summed E-state index contributed by atoms with van der Waals surface area (Å²) in [5.74, 6) is -0.103. The third-order valence-corrected chi connectivity index (χ3v) is 9.29. The van der Waals surface area contributed by atoms with E-state index in [2.05, 4.69) is 27.7 Å².